The summed E-state index contributed by atoms with van der Waals surface area (Å²) in [4.78, 5) is 23.1. The van der Waals surface area contributed by atoms with E-state index >= 15 is 0 Å². The molecule has 4 heteroatoms. The molecule has 1 aromatic carbocycles. The van der Waals surface area contributed by atoms with E-state index in [4.69, 9.17) is 4.74 Å². The maximum absolute atomic E-state index is 11.5. The fraction of sp³-hybridized carbons (Fsp3) is 0.0667. The third-order valence-corrected chi connectivity index (χ3v) is 2.95. The van der Waals surface area contributed by atoms with E-state index < -0.39 is 5.97 Å². The fourth-order valence-electron chi connectivity index (χ4n) is 1.34. The predicted octanol–water partition coefficient (Wildman–Crippen LogP) is 2.79. The number of carbonyl (C=O) groups excluding carboxylic acids is 2. The number of carbonyl (C=O) groups is 2. The summed E-state index contributed by atoms with van der Waals surface area (Å²) in [6.07, 6.45) is 0. The second kappa shape index (κ2) is 6.53. The van der Waals surface area contributed by atoms with Crippen molar-refractivity contribution in [2.45, 2.75) is 0 Å². The minimum Gasteiger partial charge on any atom is -0.449 e. The molecule has 0 spiro atoms. The summed E-state index contributed by atoms with van der Waals surface area (Å²) in [5, 5.41) is 3.54. The second-order valence-electron chi connectivity index (χ2n) is 3.59. The third-order valence-electron chi connectivity index (χ3n) is 2.27. The van der Waals surface area contributed by atoms with E-state index in [9.17, 15) is 9.59 Å². The Morgan fingerprint density at radius 2 is 1.89 bits per heavy atom. The SMILES string of the molecule is O=C(C#CCOC(=O)c1ccccc1)c1ccsc1. The third kappa shape index (κ3) is 3.80. The molecule has 0 aliphatic carbocycles. The molecule has 1 aromatic heterocycles. The van der Waals surface area contributed by atoms with Gasteiger partial charge in [0.05, 0.1) is 5.56 Å². The van der Waals surface area contributed by atoms with Crippen LogP contribution in [0, 0.1) is 11.8 Å². The number of ether oxygens (including phenoxy) is 1. The topological polar surface area (TPSA) is 43.4 Å². The zero-order chi connectivity index (χ0) is 13.5. The molecular formula is C15H10O3S. The van der Waals surface area contributed by atoms with Crippen molar-refractivity contribution in [2.75, 3.05) is 6.61 Å². The molecule has 0 saturated heterocycles. The number of thiophene rings is 1. The highest BCUT2D eigenvalue weighted by Crippen LogP contribution is 2.05. The van der Waals surface area contributed by atoms with Crippen LogP contribution >= 0.6 is 11.3 Å². The van der Waals surface area contributed by atoms with Crippen LogP contribution < -0.4 is 0 Å². The Morgan fingerprint density at radius 1 is 1.11 bits per heavy atom. The quantitative estimate of drug-likeness (QED) is 0.373. The van der Waals surface area contributed by atoms with Crippen LogP contribution in [0.1, 0.15) is 20.7 Å². The van der Waals surface area contributed by atoms with Gasteiger partial charge in [0.15, 0.2) is 6.61 Å². The van der Waals surface area contributed by atoms with Gasteiger partial charge in [0.2, 0.25) is 5.78 Å². The largest absolute Gasteiger partial charge is 0.449 e. The van der Waals surface area contributed by atoms with Gasteiger partial charge in [-0.25, -0.2) is 4.79 Å². The first-order valence-electron chi connectivity index (χ1n) is 5.55. The van der Waals surface area contributed by atoms with Crippen LogP contribution in [0.25, 0.3) is 0 Å². The lowest BCUT2D eigenvalue weighted by Gasteiger charge is -1.99. The van der Waals surface area contributed by atoms with Crippen LogP contribution in [0.3, 0.4) is 0 Å². The highest BCUT2D eigenvalue weighted by atomic mass is 32.1. The molecule has 1 heterocycles. The Labute approximate surface area is 114 Å². The van der Waals surface area contributed by atoms with E-state index in [-0.39, 0.29) is 12.4 Å². The maximum atomic E-state index is 11.5. The van der Waals surface area contributed by atoms with E-state index in [2.05, 4.69) is 11.8 Å². The van der Waals surface area contributed by atoms with Crippen molar-refractivity contribution in [2.24, 2.45) is 0 Å². The number of benzene rings is 1. The van der Waals surface area contributed by atoms with Crippen LogP contribution in [0.15, 0.2) is 47.2 Å². The van der Waals surface area contributed by atoms with Crippen molar-refractivity contribution >= 4 is 23.1 Å². The van der Waals surface area contributed by atoms with Crippen molar-refractivity contribution in [3.8, 4) is 11.8 Å². The molecule has 0 bridgehead atoms. The van der Waals surface area contributed by atoms with Gasteiger partial charge < -0.3 is 4.74 Å². The number of Topliss-reactive ketones (excluding diaryl/α,β-unsaturated/α-hetero) is 1. The molecule has 0 saturated carbocycles. The number of hydrogen-bond acceptors (Lipinski definition) is 4. The Hall–Kier alpha value is -2.38. The van der Waals surface area contributed by atoms with Gasteiger partial charge in [0.1, 0.15) is 0 Å². The van der Waals surface area contributed by atoms with Gasteiger partial charge in [-0.05, 0) is 29.5 Å². The van der Waals surface area contributed by atoms with Gasteiger partial charge in [-0.15, -0.1) is 0 Å². The number of hydrogen-bond donors (Lipinski definition) is 0. The molecule has 94 valence electrons. The van der Waals surface area contributed by atoms with Crippen molar-refractivity contribution in [1.29, 1.82) is 0 Å². The molecule has 2 rings (SSSR count). The van der Waals surface area contributed by atoms with E-state index in [1.54, 1.807) is 35.7 Å². The van der Waals surface area contributed by atoms with E-state index in [0.29, 0.717) is 11.1 Å². The average Bonchev–Trinajstić information content (AvgIpc) is 2.98. The molecule has 0 fully saturated rings. The second-order valence-corrected chi connectivity index (χ2v) is 4.37. The highest BCUT2D eigenvalue weighted by molar-refractivity contribution is 7.08. The summed E-state index contributed by atoms with van der Waals surface area (Å²) in [5.74, 6) is 4.26. The van der Waals surface area contributed by atoms with Crippen LogP contribution in [0.5, 0.6) is 0 Å². The molecular weight excluding hydrogens is 260 g/mol. The lowest BCUT2D eigenvalue weighted by atomic mass is 10.2. The molecule has 0 N–H and O–H groups in total. The molecule has 0 atom stereocenters. The van der Waals surface area contributed by atoms with E-state index in [1.807, 2.05) is 11.4 Å². The zero-order valence-corrected chi connectivity index (χ0v) is 10.8. The molecule has 0 aliphatic heterocycles. The smallest absolute Gasteiger partial charge is 0.339 e. The Balaban J connectivity index is 1.85. The first-order chi connectivity index (χ1) is 9.27. The monoisotopic (exact) mass is 270 g/mol. The molecule has 0 amide bonds. The summed E-state index contributed by atoms with van der Waals surface area (Å²) in [6.45, 7) is -0.0936. The predicted molar refractivity (Wildman–Crippen MR) is 73.2 cm³/mol. The van der Waals surface area contributed by atoms with Gasteiger partial charge in [0, 0.05) is 10.9 Å². The molecule has 0 aliphatic rings. The first kappa shape index (κ1) is 13.1. The number of ketones is 1. The molecule has 0 unspecified atom stereocenters. The summed E-state index contributed by atoms with van der Waals surface area (Å²) < 4.78 is 4.93. The Morgan fingerprint density at radius 3 is 2.58 bits per heavy atom. The van der Waals surface area contributed by atoms with Gasteiger partial charge in [-0.1, -0.05) is 24.1 Å². The van der Waals surface area contributed by atoms with Gasteiger partial charge in [-0.3, -0.25) is 4.79 Å². The van der Waals surface area contributed by atoms with E-state index in [1.165, 1.54) is 11.3 Å². The Kier molecular flexibility index (Phi) is 4.49. The number of esters is 1. The van der Waals surface area contributed by atoms with Crippen LogP contribution in [0.2, 0.25) is 0 Å². The van der Waals surface area contributed by atoms with Crippen LogP contribution in [-0.2, 0) is 4.74 Å². The molecule has 19 heavy (non-hydrogen) atoms. The minimum absolute atomic E-state index is 0.0936. The first-order valence-corrected chi connectivity index (χ1v) is 6.49. The summed E-state index contributed by atoms with van der Waals surface area (Å²) in [6, 6.07) is 10.3. The van der Waals surface area contributed by atoms with E-state index in [0.717, 1.165) is 0 Å². The summed E-state index contributed by atoms with van der Waals surface area (Å²) in [7, 11) is 0. The van der Waals surface area contributed by atoms with Crippen LogP contribution in [-0.4, -0.2) is 18.4 Å². The summed E-state index contributed by atoms with van der Waals surface area (Å²) >= 11 is 1.44. The summed E-state index contributed by atoms with van der Waals surface area (Å²) in [5.41, 5.74) is 1.03. The Bertz CT molecular complexity index is 618. The zero-order valence-electron chi connectivity index (χ0n) is 9.96. The van der Waals surface area contributed by atoms with Crippen molar-refractivity contribution < 1.29 is 14.3 Å². The highest BCUT2D eigenvalue weighted by Gasteiger charge is 2.04. The van der Waals surface area contributed by atoms with Gasteiger partial charge >= 0.3 is 5.97 Å². The van der Waals surface area contributed by atoms with Gasteiger partial charge in [0.25, 0.3) is 0 Å². The normalized spacial score (nSPS) is 9.26. The average molecular weight is 270 g/mol. The van der Waals surface area contributed by atoms with Crippen molar-refractivity contribution in [1.82, 2.24) is 0 Å². The standard InChI is InChI=1S/C15H10O3S/c16-14(13-8-10-19-11-13)7-4-9-18-15(17)12-5-2-1-3-6-12/h1-3,5-6,8,10-11H,9H2. The molecule has 3 nitrogen and oxygen atoms in total. The van der Waals surface area contributed by atoms with Gasteiger partial charge in [-0.2, -0.15) is 11.3 Å². The molecule has 0 radical (unpaired) electrons. The molecule has 2 aromatic rings. The maximum Gasteiger partial charge on any atom is 0.339 e. The van der Waals surface area contributed by atoms with Crippen molar-refractivity contribution in [3.05, 3.63) is 58.3 Å². The minimum atomic E-state index is -0.446. The number of rotatable bonds is 3. The fourth-order valence-corrected chi connectivity index (χ4v) is 1.98. The lowest BCUT2D eigenvalue weighted by molar-refractivity contribution is 0.0556. The van der Waals surface area contributed by atoms with Crippen LogP contribution in [0.4, 0.5) is 0 Å². The van der Waals surface area contributed by atoms with Crippen molar-refractivity contribution in [3.63, 3.8) is 0 Å². The lowest BCUT2D eigenvalue weighted by Crippen LogP contribution is -2.05.